The van der Waals surface area contributed by atoms with Crippen LogP contribution in [-0.2, 0) is 0 Å². The van der Waals surface area contributed by atoms with Gasteiger partial charge in [-0.1, -0.05) is 37.3 Å². The summed E-state index contributed by atoms with van der Waals surface area (Å²) < 4.78 is 6.99. The van der Waals surface area contributed by atoms with Crippen molar-refractivity contribution in [1.29, 1.82) is 0 Å². The standard InChI is InChI=1S/C21H24N4O2/c1-13(2)16-7-9-17(10-8-16)25-15(4)20(23-24-25)21(26)22-18-12-14(3)6-11-19(18)27-5/h6-13H,1-5H3,(H,22,26). The minimum Gasteiger partial charge on any atom is -0.495 e. The van der Waals surface area contributed by atoms with E-state index in [9.17, 15) is 4.79 Å². The van der Waals surface area contributed by atoms with E-state index in [0.29, 0.717) is 23.0 Å². The molecule has 0 saturated heterocycles. The Labute approximate surface area is 159 Å². The predicted molar refractivity (Wildman–Crippen MR) is 106 cm³/mol. The van der Waals surface area contributed by atoms with Gasteiger partial charge in [0.05, 0.1) is 24.2 Å². The maximum Gasteiger partial charge on any atom is 0.278 e. The SMILES string of the molecule is COc1ccc(C)cc1NC(=O)c1nnn(-c2ccc(C(C)C)cc2)c1C. The van der Waals surface area contributed by atoms with Gasteiger partial charge in [0.25, 0.3) is 5.91 Å². The number of carbonyl (C=O) groups excluding carboxylic acids is 1. The maximum absolute atomic E-state index is 12.7. The van der Waals surface area contributed by atoms with Crippen LogP contribution in [0.15, 0.2) is 42.5 Å². The van der Waals surface area contributed by atoms with Crippen molar-refractivity contribution >= 4 is 11.6 Å². The van der Waals surface area contributed by atoms with Gasteiger partial charge in [0.1, 0.15) is 5.75 Å². The lowest BCUT2D eigenvalue weighted by Crippen LogP contribution is -2.15. The van der Waals surface area contributed by atoms with Gasteiger partial charge in [-0.25, -0.2) is 4.68 Å². The molecule has 0 unspecified atom stereocenters. The third-order valence-electron chi connectivity index (χ3n) is 4.52. The number of anilines is 1. The molecular formula is C21H24N4O2. The number of nitrogens with zero attached hydrogens (tertiary/aromatic N) is 3. The molecule has 0 atom stereocenters. The highest BCUT2D eigenvalue weighted by Crippen LogP contribution is 2.26. The third-order valence-corrected chi connectivity index (χ3v) is 4.52. The van der Waals surface area contributed by atoms with Crippen LogP contribution in [0, 0.1) is 13.8 Å². The molecule has 1 N–H and O–H groups in total. The Bertz CT molecular complexity index is 959. The van der Waals surface area contributed by atoms with Gasteiger partial charge in [0.2, 0.25) is 0 Å². The van der Waals surface area contributed by atoms with Gasteiger partial charge >= 0.3 is 0 Å². The maximum atomic E-state index is 12.7. The molecule has 6 nitrogen and oxygen atoms in total. The molecule has 0 spiro atoms. The highest BCUT2D eigenvalue weighted by Gasteiger charge is 2.19. The number of ether oxygens (including phenoxy) is 1. The van der Waals surface area contributed by atoms with E-state index in [1.165, 1.54) is 5.56 Å². The van der Waals surface area contributed by atoms with Crippen molar-refractivity contribution in [3.63, 3.8) is 0 Å². The van der Waals surface area contributed by atoms with Gasteiger partial charge in [0, 0.05) is 0 Å². The molecule has 0 aliphatic heterocycles. The zero-order valence-corrected chi connectivity index (χ0v) is 16.3. The number of carbonyl (C=O) groups is 1. The summed E-state index contributed by atoms with van der Waals surface area (Å²) in [7, 11) is 1.57. The van der Waals surface area contributed by atoms with E-state index in [2.05, 4.69) is 41.6 Å². The van der Waals surface area contributed by atoms with Gasteiger partial charge in [-0.05, 0) is 55.2 Å². The van der Waals surface area contributed by atoms with Crippen LogP contribution < -0.4 is 10.1 Å². The van der Waals surface area contributed by atoms with Crippen LogP contribution in [0.5, 0.6) is 5.75 Å². The van der Waals surface area contributed by atoms with E-state index < -0.39 is 0 Å². The van der Waals surface area contributed by atoms with E-state index in [4.69, 9.17) is 4.74 Å². The van der Waals surface area contributed by atoms with Crippen LogP contribution in [0.25, 0.3) is 5.69 Å². The van der Waals surface area contributed by atoms with Crippen LogP contribution in [0.4, 0.5) is 5.69 Å². The Balaban J connectivity index is 1.86. The number of hydrogen-bond acceptors (Lipinski definition) is 4. The van der Waals surface area contributed by atoms with Gasteiger partial charge in [0.15, 0.2) is 5.69 Å². The van der Waals surface area contributed by atoms with Gasteiger partial charge in [-0.3, -0.25) is 4.79 Å². The first kappa shape index (κ1) is 18.6. The number of aromatic nitrogens is 3. The number of hydrogen-bond donors (Lipinski definition) is 1. The Morgan fingerprint density at radius 2 is 1.81 bits per heavy atom. The second kappa shape index (κ2) is 7.61. The predicted octanol–water partition coefficient (Wildman–Crippen LogP) is 4.27. The van der Waals surface area contributed by atoms with E-state index in [0.717, 1.165) is 11.3 Å². The van der Waals surface area contributed by atoms with E-state index in [1.54, 1.807) is 11.8 Å². The Morgan fingerprint density at radius 1 is 1.11 bits per heavy atom. The summed E-state index contributed by atoms with van der Waals surface area (Å²) >= 11 is 0. The number of benzene rings is 2. The summed E-state index contributed by atoms with van der Waals surface area (Å²) in [6, 6.07) is 13.7. The Kier molecular flexibility index (Phi) is 5.26. The van der Waals surface area contributed by atoms with E-state index in [-0.39, 0.29) is 11.6 Å². The number of aryl methyl sites for hydroxylation is 1. The number of nitrogens with one attached hydrogen (secondary N) is 1. The molecule has 0 saturated carbocycles. The molecule has 0 aliphatic carbocycles. The lowest BCUT2D eigenvalue weighted by molar-refractivity contribution is 0.102. The fraction of sp³-hybridized carbons (Fsp3) is 0.286. The summed E-state index contributed by atoms with van der Waals surface area (Å²) in [5, 5.41) is 11.1. The average molecular weight is 364 g/mol. The van der Waals surface area contributed by atoms with Crippen molar-refractivity contribution in [3.8, 4) is 11.4 Å². The van der Waals surface area contributed by atoms with Crippen molar-refractivity contribution in [1.82, 2.24) is 15.0 Å². The third kappa shape index (κ3) is 3.84. The van der Waals surface area contributed by atoms with Crippen molar-refractivity contribution in [3.05, 3.63) is 65.0 Å². The first-order valence-electron chi connectivity index (χ1n) is 8.89. The molecule has 140 valence electrons. The first-order valence-corrected chi connectivity index (χ1v) is 8.89. The quantitative estimate of drug-likeness (QED) is 0.734. The van der Waals surface area contributed by atoms with Crippen LogP contribution in [0.3, 0.4) is 0 Å². The molecule has 1 aromatic heterocycles. The molecule has 27 heavy (non-hydrogen) atoms. The summed E-state index contributed by atoms with van der Waals surface area (Å²) in [5.74, 6) is 0.742. The minimum atomic E-state index is -0.318. The lowest BCUT2D eigenvalue weighted by Gasteiger charge is -2.10. The van der Waals surface area contributed by atoms with E-state index in [1.807, 2.05) is 44.2 Å². The second-order valence-corrected chi connectivity index (χ2v) is 6.84. The molecule has 0 fully saturated rings. The first-order chi connectivity index (χ1) is 12.9. The monoisotopic (exact) mass is 364 g/mol. The molecule has 1 heterocycles. The molecule has 2 aromatic carbocycles. The zero-order chi connectivity index (χ0) is 19.6. The highest BCUT2D eigenvalue weighted by atomic mass is 16.5. The molecule has 3 aromatic rings. The lowest BCUT2D eigenvalue weighted by atomic mass is 10.0. The van der Waals surface area contributed by atoms with Crippen molar-refractivity contribution in [2.45, 2.75) is 33.6 Å². The topological polar surface area (TPSA) is 69.0 Å². The summed E-state index contributed by atoms with van der Waals surface area (Å²) in [4.78, 5) is 12.7. The average Bonchev–Trinajstić information content (AvgIpc) is 3.03. The fourth-order valence-corrected chi connectivity index (χ4v) is 2.89. The largest absolute Gasteiger partial charge is 0.495 e. The molecule has 0 aliphatic rings. The summed E-state index contributed by atoms with van der Waals surface area (Å²) in [6.45, 7) is 8.09. The Hall–Kier alpha value is -3.15. The number of rotatable bonds is 5. The van der Waals surface area contributed by atoms with Crippen LogP contribution >= 0.6 is 0 Å². The van der Waals surface area contributed by atoms with Crippen LogP contribution in [0.1, 0.15) is 47.1 Å². The highest BCUT2D eigenvalue weighted by molar-refractivity contribution is 6.04. The molecule has 1 amide bonds. The number of amides is 1. The minimum absolute atomic E-state index is 0.284. The molecule has 0 bridgehead atoms. The van der Waals surface area contributed by atoms with Crippen molar-refractivity contribution in [2.75, 3.05) is 12.4 Å². The summed E-state index contributed by atoms with van der Waals surface area (Å²) in [6.07, 6.45) is 0. The number of methoxy groups -OCH3 is 1. The van der Waals surface area contributed by atoms with Gasteiger partial charge in [-0.2, -0.15) is 0 Å². The van der Waals surface area contributed by atoms with E-state index >= 15 is 0 Å². The molecular weight excluding hydrogens is 340 g/mol. The van der Waals surface area contributed by atoms with Crippen LogP contribution in [-0.4, -0.2) is 28.0 Å². The smallest absolute Gasteiger partial charge is 0.278 e. The van der Waals surface area contributed by atoms with Crippen molar-refractivity contribution < 1.29 is 9.53 Å². The fourth-order valence-electron chi connectivity index (χ4n) is 2.89. The van der Waals surface area contributed by atoms with Gasteiger partial charge < -0.3 is 10.1 Å². The zero-order valence-electron chi connectivity index (χ0n) is 16.3. The molecule has 3 rings (SSSR count). The second-order valence-electron chi connectivity index (χ2n) is 6.84. The normalized spacial score (nSPS) is 10.9. The van der Waals surface area contributed by atoms with Crippen LogP contribution in [0.2, 0.25) is 0 Å². The molecule has 0 radical (unpaired) electrons. The summed E-state index contributed by atoms with van der Waals surface area (Å²) in [5.41, 5.74) is 4.72. The molecule has 6 heteroatoms. The van der Waals surface area contributed by atoms with Gasteiger partial charge in [-0.15, -0.1) is 5.10 Å². The van der Waals surface area contributed by atoms with Crippen molar-refractivity contribution in [2.24, 2.45) is 0 Å². The Morgan fingerprint density at radius 3 is 2.44 bits per heavy atom.